The summed E-state index contributed by atoms with van der Waals surface area (Å²) in [5, 5.41) is 3.20. The molecule has 0 radical (unpaired) electrons. The summed E-state index contributed by atoms with van der Waals surface area (Å²) in [6, 6.07) is 6.51. The smallest absolute Gasteiger partial charge is 0.139 e. The molecule has 6 nitrogen and oxygen atoms in total. The number of aromatic nitrogens is 3. The number of aliphatic imine (C=N–C) groups is 1. The van der Waals surface area contributed by atoms with Crippen molar-refractivity contribution in [1.29, 1.82) is 0 Å². The van der Waals surface area contributed by atoms with Crippen molar-refractivity contribution in [3.8, 4) is 10.6 Å². The minimum Gasteiger partial charge on any atom is -0.375 e. The number of thiazole rings is 1. The Bertz CT molecular complexity index is 1170. The molecule has 3 aromatic rings. The highest BCUT2D eigenvalue weighted by atomic mass is 32.1. The zero-order chi connectivity index (χ0) is 20.5. The number of ether oxygens (including phenoxy) is 1. The van der Waals surface area contributed by atoms with E-state index in [1.807, 2.05) is 30.8 Å². The molecule has 0 atom stereocenters. The molecular weight excluding hydrogens is 394 g/mol. The maximum Gasteiger partial charge on any atom is 0.139 e. The van der Waals surface area contributed by atoms with Gasteiger partial charge in [0.15, 0.2) is 0 Å². The number of aryl methyl sites for hydroxylation is 1. The molecule has 4 heterocycles. The summed E-state index contributed by atoms with van der Waals surface area (Å²) in [5.74, 6) is 0.836. The maximum atomic E-state index is 5.48. The largest absolute Gasteiger partial charge is 0.375 e. The summed E-state index contributed by atoms with van der Waals surface area (Å²) in [5.41, 5.74) is 6.94. The Morgan fingerprint density at radius 2 is 2.13 bits per heavy atom. The molecule has 0 saturated heterocycles. The lowest BCUT2D eigenvalue weighted by Gasteiger charge is -2.31. The lowest BCUT2D eigenvalue weighted by atomic mass is 9.92. The van der Waals surface area contributed by atoms with Gasteiger partial charge < -0.3 is 9.64 Å². The van der Waals surface area contributed by atoms with E-state index in [4.69, 9.17) is 9.72 Å². The van der Waals surface area contributed by atoms with Gasteiger partial charge in [-0.25, -0.2) is 15.0 Å². The molecule has 0 bridgehead atoms. The van der Waals surface area contributed by atoms with Crippen LogP contribution in [0, 0.1) is 6.92 Å². The van der Waals surface area contributed by atoms with Crippen molar-refractivity contribution in [2.24, 2.45) is 4.99 Å². The van der Waals surface area contributed by atoms with E-state index in [9.17, 15) is 0 Å². The van der Waals surface area contributed by atoms with Gasteiger partial charge in [-0.15, -0.1) is 11.3 Å². The summed E-state index contributed by atoms with van der Waals surface area (Å²) < 4.78 is 7.43. The van der Waals surface area contributed by atoms with Crippen LogP contribution in [0.5, 0.6) is 0 Å². The lowest BCUT2D eigenvalue weighted by molar-refractivity contribution is 0.131. The molecule has 152 valence electrons. The van der Waals surface area contributed by atoms with Crippen molar-refractivity contribution in [3.05, 3.63) is 77.1 Å². The topological polar surface area (TPSA) is 55.5 Å². The van der Waals surface area contributed by atoms with Crippen LogP contribution in [-0.2, 0) is 17.8 Å². The summed E-state index contributed by atoms with van der Waals surface area (Å²) >= 11 is 1.71. The predicted molar refractivity (Wildman–Crippen MR) is 120 cm³/mol. The monoisotopic (exact) mass is 417 g/mol. The molecule has 0 N–H and O–H groups in total. The molecular formula is C23H23N5OS. The summed E-state index contributed by atoms with van der Waals surface area (Å²) in [7, 11) is 0. The van der Waals surface area contributed by atoms with E-state index in [1.165, 1.54) is 16.7 Å². The van der Waals surface area contributed by atoms with Gasteiger partial charge in [0.2, 0.25) is 0 Å². The quantitative estimate of drug-likeness (QED) is 0.628. The normalized spacial score (nSPS) is 15.3. The van der Waals surface area contributed by atoms with E-state index < -0.39 is 0 Å². The zero-order valence-corrected chi connectivity index (χ0v) is 17.9. The van der Waals surface area contributed by atoms with Crippen LogP contribution in [0.15, 0.2) is 59.6 Å². The number of hydrogen-bond acceptors (Lipinski definition) is 6. The molecule has 0 unspecified atom stereocenters. The van der Waals surface area contributed by atoms with Gasteiger partial charge in [0.1, 0.15) is 17.2 Å². The van der Waals surface area contributed by atoms with Crippen molar-refractivity contribution in [2.45, 2.75) is 26.9 Å². The van der Waals surface area contributed by atoms with E-state index in [2.05, 4.69) is 50.7 Å². The number of rotatable bonds is 4. The SMILES string of the molecule is CCOCc1cn(C2=NC=CN3CCc4c(cccc4-c4nc(C)cs4)C3=C2)cn1. The average Bonchev–Trinajstić information content (AvgIpc) is 3.35. The van der Waals surface area contributed by atoms with Crippen LogP contribution >= 0.6 is 11.3 Å². The molecule has 2 aliphatic rings. The van der Waals surface area contributed by atoms with Crippen molar-refractivity contribution in [2.75, 3.05) is 13.2 Å². The third kappa shape index (κ3) is 3.51. The van der Waals surface area contributed by atoms with Crippen LogP contribution in [0.1, 0.15) is 29.4 Å². The highest BCUT2D eigenvalue weighted by Crippen LogP contribution is 2.37. The fourth-order valence-corrected chi connectivity index (χ4v) is 4.71. The Morgan fingerprint density at radius 3 is 2.97 bits per heavy atom. The van der Waals surface area contributed by atoms with Crippen molar-refractivity contribution in [3.63, 3.8) is 0 Å². The Balaban J connectivity index is 1.55. The number of benzene rings is 1. The molecule has 2 aliphatic heterocycles. The third-order valence-electron chi connectivity index (χ3n) is 5.29. The molecule has 7 heteroatoms. The van der Waals surface area contributed by atoms with Gasteiger partial charge in [0.05, 0.1) is 18.0 Å². The first-order valence-electron chi connectivity index (χ1n) is 10.1. The fraction of sp³-hybridized carbons (Fsp3) is 0.261. The predicted octanol–water partition coefficient (Wildman–Crippen LogP) is 4.48. The van der Waals surface area contributed by atoms with Crippen LogP contribution in [0.4, 0.5) is 0 Å². The first-order valence-corrected chi connectivity index (χ1v) is 11.0. The van der Waals surface area contributed by atoms with E-state index in [-0.39, 0.29) is 0 Å². The van der Waals surface area contributed by atoms with Crippen LogP contribution in [-0.4, -0.2) is 38.4 Å². The van der Waals surface area contributed by atoms with Gasteiger partial charge in [-0.1, -0.05) is 18.2 Å². The van der Waals surface area contributed by atoms with E-state index in [0.29, 0.717) is 13.2 Å². The molecule has 1 aromatic carbocycles. The summed E-state index contributed by atoms with van der Waals surface area (Å²) in [6.07, 6.45) is 10.8. The first-order chi connectivity index (χ1) is 14.7. The molecule has 0 aliphatic carbocycles. The minimum absolute atomic E-state index is 0.509. The van der Waals surface area contributed by atoms with Gasteiger partial charge >= 0.3 is 0 Å². The Kier molecular flexibility index (Phi) is 5.06. The summed E-state index contributed by atoms with van der Waals surface area (Å²) in [6.45, 7) is 6.13. The molecule has 0 fully saturated rings. The van der Waals surface area contributed by atoms with Crippen LogP contribution < -0.4 is 0 Å². The number of fused-ring (bicyclic) bond motifs is 3. The number of imidazole rings is 1. The highest BCUT2D eigenvalue weighted by Gasteiger charge is 2.24. The zero-order valence-electron chi connectivity index (χ0n) is 17.1. The minimum atomic E-state index is 0.509. The van der Waals surface area contributed by atoms with Crippen LogP contribution in [0.2, 0.25) is 0 Å². The second-order valence-corrected chi connectivity index (χ2v) is 8.15. The Labute approximate surface area is 179 Å². The molecule has 0 spiro atoms. The van der Waals surface area contributed by atoms with Crippen molar-refractivity contribution in [1.82, 2.24) is 19.4 Å². The molecule has 5 rings (SSSR count). The lowest BCUT2D eigenvalue weighted by Crippen LogP contribution is -2.25. The highest BCUT2D eigenvalue weighted by molar-refractivity contribution is 7.13. The summed E-state index contributed by atoms with van der Waals surface area (Å²) in [4.78, 5) is 16.1. The van der Waals surface area contributed by atoms with Gasteiger partial charge in [0.25, 0.3) is 0 Å². The molecule has 0 saturated carbocycles. The van der Waals surface area contributed by atoms with Crippen LogP contribution in [0.3, 0.4) is 0 Å². The first kappa shape index (κ1) is 19.0. The third-order valence-corrected chi connectivity index (χ3v) is 6.28. The number of allylic oxidation sites excluding steroid dienone is 1. The molecule has 2 aromatic heterocycles. The standard InChI is InChI=1S/C23H23N5OS/c1-3-29-13-17-12-28(15-25-17)22-11-21-19-5-4-6-20(23-26-16(2)14-30-23)18(19)7-9-27(21)10-8-24-22/h4-6,8,10-12,14-15H,3,7,9,13H2,1-2H3. The average molecular weight is 418 g/mol. The van der Waals surface area contributed by atoms with E-state index in [1.54, 1.807) is 17.7 Å². The number of hydrogen-bond donors (Lipinski definition) is 0. The fourth-order valence-electron chi connectivity index (χ4n) is 3.86. The van der Waals surface area contributed by atoms with Crippen molar-refractivity contribution < 1.29 is 4.74 Å². The number of nitrogens with zero attached hydrogens (tertiary/aromatic N) is 5. The van der Waals surface area contributed by atoms with Gasteiger partial charge in [-0.05, 0) is 25.8 Å². The van der Waals surface area contributed by atoms with Gasteiger partial charge in [-0.2, -0.15) is 0 Å². The van der Waals surface area contributed by atoms with E-state index >= 15 is 0 Å². The van der Waals surface area contributed by atoms with Crippen molar-refractivity contribution >= 4 is 22.9 Å². The van der Waals surface area contributed by atoms with Gasteiger partial charge in [-0.3, -0.25) is 4.57 Å². The van der Waals surface area contributed by atoms with Gasteiger partial charge in [0, 0.05) is 60.0 Å². The maximum absolute atomic E-state index is 5.48. The Hall–Kier alpha value is -3.03. The van der Waals surface area contributed by atoms with E-state index in [0.717, 1.165) is 40.9 Å². The second-order valence-electron chi connectivity index (χ2n) is 7.29. The van der Waals surface area contributed by atoms with Crippen LogP contribution in [0.25, 0.3) is 16.3 Å². The second kappa shape index (κ2) is 8.01. The Morgan fingerprint density at radius 1 is 1.23 bits per heavy atom. The molecule has 30 heavy (non-hydrogen) atoms. The molecule has 0 amide bonds.